The minimum atomic E-state index is 0.687. The van der Waals surface area contributed by atoms with Crippen molar-refractivity contribution < 1.29 is 0 Å². The summed E-state index contributed by atoms with van der Waals surface area (Å²) in [5, 5.41) is 3.08. The molecule has 0 spiro atoms. The number of anilines is 1. The predicted molar refractivity (Wildman–Crippen MR) is 56.0 cm³/mol. The Balaban J connectivity index is 2.49. The fraction of sp³-hybridized carbons (Fsp3) is 0.222. The summed E-state index contributed by atoms with van der Waals surface area (Å²) in [6, 6.07) is 6.01. The lowest BCUT2D eigenvalue weighted by Gasteiger charge is -2.03. The predicted octanol–water partition coefficient (Wildman–Crippen LogP) is -0.775. The van der Waals surface area contributed by atoms with Crippen molar-refractivity contribution in [2.24, 2.45) is 11.6 Å². The standard InChI is InChI=1S/C9H13N5/c10-4-3-8-1-2-9(13-7-8)12-5-6-14-11/h1-2,7,14H,5-6,10-11H2,(H,12,13). The third-order valence-corrected chi connectivity index (χ3v) is 1.56. The molecule has 0 atom stereocenters. The van der Waals surface area contributed by atoms with Gasteiger partial charge in [0.1, 0.15) is 5.82 Å². The highest BCUT2D eigenvalue weighted by Crippen LogP contribution is 2.02. The van der Waals surface area contributed by atoms with Crippen molar-refractivity contribution in [3.05, 3.63) is 23.9 Å². The molecule has 0 saturated carbocycles. The smallest absolute Gasteiger partial charge is 0.126 e. The van der Waals surface area contributed by atoms with Crippen molar-refractivity contribution in [2.45, 2.75) is 0 Å². The van der Waals surface area contributed by atoms with Crippen LogP contribution in [0.4, 0.5) is 5.82 Å². The first-order valence-corrected chi connectivity index (χ1v) is 4.22. The fourth-order valence-corrected chi connectivity index (χ4v) is 0.918. The van der Waals surface area contributed by atoms with Crippen LogP contribution in [0.5, 0.6) is 0 Å². The molecule has 0 fully saturated rings. The number of aromatic nitrogens is 1. The summed E-state index contributed by atoms with van der Waals surface area (Å²) in [6.07, 6.45) is 1.66. The molecule has 0 unspecified atom stereocenters. The highest BCUT2D eigenvalue weighted by atomic mass is 15.2. The zero-order valence-corrected chi connectivity index (χ0v) is 7.75. The maximum absolute atomic E-state index is 5.11. The average molecular weight is 191 g/mol. The molecule has 0 bridgehead atoms. The van der Waals surface area contributed by atoms with Gasteiger partial charge in [0.05, 0.1) is 0 Å². The van der Waals surface area contributed by atoms with Crippen LogP contribution in [0, 0.1) is 12.0 Å². The zero-order chi connectivity index (χ0) is 10.2. The van der Waals surface area contributed by atoms with E-state index in [2.05, 4.69) is 27.7 Å². The lowest BCUT2D eigenvalue weighted by Crippen LogP contribution is -2.28. The SMILES string of the molecule is NC#Cc1ccc(NCCNN)nc1. The number of pyridine rings is 1. The van der Waals surface area contributed by atoms with Crippen LogP contribution in [0.1, 0.15) is 5.56 Å². The summed E-state index contributed by atoms with van der Waals surface area (Å²) in [5.74, 6) is 8.62. The quantitative estimate of drug-likeness (QED) is 0.165. The Bertz CT molecular complexity index is 321. The molecule has 0 aliphatic heterocycles. The first-order chi connectivity index (χ1) is 6.86. The second kappa shape index (κ2) is 5.80. The average Bonchev–Trinajstić information content (AvgIpc) is 2.21. The molecular weight excluding hydrogens is 178 g/mol. The molecule has 1 aromatic heterocycles. The molecule has 6 N–H and O–H groups in total. The molecule has 1 heterocycles. The maximum Gasteiger partial charge on any atom is 0.126 e. The Kier molecular flexibility index (Phi) is 4.27. The van der Waals surface area contributed by atoms with Gasteiger partial charge in [0.25, 0.3) is 0 Å². The normalized spacial score (nSPS) is 8.93. The van der Waals surface area contributed by atoms with Crippen molar-refractivity contribution in [1.82, 2.24) is 10.4 Å². The van der Waals surface area contributed by atoms with Gasteiger partial charge in [-0.2, -0.15) is 0 Å². The van der Waals surface area contributed by atoms with E-state index in [0.717, 1.165) is 17.9 Å². The maximum atomic E-state index is 5.11. The summed E-state index contributed by atoms with van der Waals surface area (Å²) in [4.78, 5) is 4.13. The fourth-order valence-electron chi connectivity index (χ4n) is 0.918. The number of hydrazine groups is 1. The molecule has 5 nitrogen and oxygen atoms in total. The van der Waals surface area contributed by atoms with Crippen LogP contribution in [-0.4, -0.2) is 18.1 Å². The minimum absolute atomic E-state index is 0.687. The Labute approximate surface area is 82.9 Å². The molecule has 1 rings (SSSR count). The van der Waals surface area contributed by atoms with E-state index in [-0.39, 0.29) is 0 Å². The van der Waals surface area contributed by atoms with Crippen LogP contribution in [0.25, 0.3) is 0 Å². The van der Waals surface area contributed by atoms with E-state index in [9.17, 15) is 0 Å². The van der Waals surface area contributed by atoms with Crippen LogP contribution >= 0.6 is 0 Å². The molecule has 0 aromatic carbocycles. The molecular formula is C9H13N5. The first-order valence-electron chi connectivity index (χ1n) is 4.22. The van der Waals surface area contributed by atoms with Crippen LogP contribution < -0.4 is 22.3 Å². The van der Waals surface area contributed by atoms with E-state index in [1.807, 2.05) is 12.1 Å². The third kappa shape index (κ3) is 3.31. The lowest BCUT2D eigenvalue weighted by molar-refractivity contribution is 0.752. The Hall–Kier alpha value is -1.77. The number of hydrogen-bond acceptors (Lipinski definition) is 5. The van der Waals surface area contributed by atoms with E-state index in [1.165, 1.54) is 0 Å². The van der Waals surface area contributed by atoms with Crippen molar-refractivity contribution in [1.29, 1.82) is 0 Å². The topological polar surface area (TPSA) is 89.0 Å². The van der Waals surface area contributed by atoms with Gasteiger partial charge in [0.2, 0.25) is 0 Å². The van der Waals surface area contributed by atoms with Gasteiger partial charge in [-0.1, -0.05) is 0 Å². The molecule has 0 aliphatic carbocycles. The van der Waals surface area contributed by atoms with Crippen LogP contribution in [0.3, 0.4) is 0 Å². The van der Waals surface area contributed by atoms with Crippen LogP contribution in [-0.2, 0) is 0 Å². The van der Waals surface area contributed by atoms with E-state index in [1.54, 1.807) is 6.20 Å². The lowest BCUT2D eigenvalue weighted by atomic mass is 10.3. The highest BCUT2D eigenvalue weighted by molar-refractivity contribution is 5.40. The summed E-state index contributed by atoms with van der Waals surface area (Å²) in [6.45, 7) is 1.41. The van der Waals surface area contributed by atoms with E-state index in [4.69, 9.17) is 11.6 Å². The Morgan fingerprint density at radius 2 is 2.21 bits per heavy atom. The monoisotopic (exact) mass is 191 g/mol. The second-order valence-corrected chi connectivity index (χ2v) is 2.58. The number of nitrogens with zero attached hydrogens (tertiary/aromatic N) is 1. The van der Waals surface area contributed by atoms with Gasteiger partial charge in [-0.05, 0) is 18.1 Å². The first kappa shape index (κ1) is 10.3. The van der Waals surface area contributed by atoms with Crippen molar-refractivity contribution in [3.8, 4) is 12.0 Å². The molecule has 1 aromatic rings. The van der Waals surface area contributed by atoms with E-state index >= 15 is 0 Å². The number of nitrogens with two attached hydrogens (primary N) is 2. The molecule has 5 heteroatoms. The van der Waals surface area contributed by atoms with E-state index < -0.39 is 0 Å². The van der Waals surface area contributed by atoms with Crippen molar-refractivity contribution in [3.63, 3.8) is 0 Å². The van der Waals surface area contributed by atoms with Crippen molar-refractivity contribution >= 4 is 5.82 Å². The van der Waals surface area contributed by atoms with Gasteiger partial charge in [-0.15, -0.1) is 0 Å². The molecule has 0 aliphatic rings. The van der Waals surface area contributed by atoms with Gasteiger partial charge in [0.15, 0.2) is 0 Å². The second-order valence-electron chi connectivity index (χ2n) is 2.58. The molecule has 74 valence electrons. The minimum Gasteiger partial charge on any atom is -0.369 e. The van der Waals surface area contributed by atoms with Gasteiger partial charge in [-0.25, -0.2) is 4.98 Å². The number of rotatable bonds is 4. The Morgan fingerprint density at radius 3 is 2.79 bits per heavy atom. The summed E-state index contributed by atoms with van der Waals surface area (Å²) < 4.78 is 0. The van der Waals surface area contributed by atoms with Gasteiger partial charge in [-0.3, -0.25) is 11.3 Å². The zero-order valence-electron chi connectivity index (χ0n) is 7.75. The summed E-state index contributed by atoms with van der Waals surface area (Å²) in [7, 11) is 0. The van der Waals surface area contributed by atoms with Gasteiger partial charge < -0.3 is 11.1 Å². The number of hydrogen-bond donors (Lipinski definition) is 4. The molecule has 0 amide bonds. The molecule has 0 radical (unpaired) electrons. The largest absolute Gasteiger partial charge is 0.369 e. The van der Waals surface area contributed by atoms with Crippen LogP contribution in [0.2, 0.25) is 0 Å². The Morgan fingerprint density at radius 1 is 1.36 bits per heavy atom. The van der Waals surface area contributed by atoms with Gasteiger partial charge in [0, 0.05) is 30.9 Å². The molecule has 14 heavy (non-hydrogen) atoms. The number of nitrogens with one attached hydrogen (secondary N) is 2. The van der Waals surface area contributed by atoms with E-state index in [0.29, 0.717) is 6.54 Å². The summed E-state index contributed by atoms with van der Waals surface area (Å²) >= 11 is 0. The highest BCUT2D eigenvalue weighted by Gasteiger charge is 1.92. The summed E-state index contributed by atoms with van der Waals surface area (Å²) in [5.41, 5.74) is 8.41. The van der Waals surface area contributed by atoms with Crippen LogP contribution in [0.15, 0.2) is 18.3 Å². The third-order valence-electron chi connectivity index (χ3n) is 1.56. The van der Waals surface area contributed by atoms with Gasteiger partial charge >= 0.3 is 0 Å². The van der Waals surface area contributed by atoms with Crippen molar-refractivity contribution in [2.75, 3.05) is 18.4 Å². The molecule has 0 saturated heterocycles.